The zero-order valence-corrected chi connectivity index (χ0v) is 12.9. The van der Waals surface area contributed by atoms with Crippen molar-refractivity contribution in [2.24, 2.45) is 0 Å². The number of carbonyl (C=O) groups is 2. The van der Waals surface area contributed by atoms with Gasteiger partial charge in [0, 0.05) is 46.9 Å². The molecule has 21 heavy (non-hydrogen) atoms. The second-order valence-corrected chi connectivity index (χ2v) is 5.86. The third-order valence-electron chi connectivity index (χ3n) is 3.98. The summed E-state index contributed by atoms with van der Waals surface area (Å²) in [5, 5.41) is 6.12. The Morgan fingerprint density at radius 1 is 1.43 bits per heavy atom. The minimum atomic E-state index is -0.262. The molecule has 0 saturated carbocycles. The number of nitrogens with one attached hydrogen (secondary N) is 2. The van der Waals surface area contributed by atoms with Crippen LogP contribution < -0.4 is 10.6 Å². The molecular weight excluding hydrogens is 272 g/mol. The van der Waals surface area contributed by atoms with Crippen LogP contribution in [0.2, 0.25) is 0 Å². The lowest BCUT2D eigenvalue weighted by atomic mass is 10.1. The summed E-state index contributed by atoms with van der Waals surface area (Å²) in [7, 11) is 3.49. The van der Waals surface area contributed by atoms with Crippen molar-refractivity contribution in [2.75, 3.05) is 53.4 Å². The molecule has 0 spiro atoms. The number of hydrogen-bond donors (Lipinski definition) is 2. The zero-order valence-electron chi connectivity index (χ0n) is 12.9. The normalized spacial score (nSPS) is 26.6. The lowest BCUT2D eigenvalue weighted by molar-refractivity contribution is -0.136. The van der Waals surface area contributed by atoms with E-state index in [0.717, 1.165) is 26.0 Å². The van der Waals surface area contributed by atoms with Crippen LogP contribution in [0.5, 0.6) is 0 Å². The van der Waals surface area contributed by atoms with Crippen LogP contribution in [0.1, 0.15) is 12.8 Å². The van der Waals surface area contributed by atoms with Crippen LogP contribution in [-0.4, -0.2) is 87.2 Å². The summed E-state index contributed by atoms with van der Waals surface area (Å²) in [6.07, 6.45) is 2.23. The van der Waals surface area contributed by atoms with E-state index in [4.69, 9.17) is 4.74 Å². The molecule has 2 saturated heterocycles. The van der Waals surface area contributed by atoms with Crippen molar-refractivity contribution in [3.05, 3.63) is 0 Å². The predicted octanol–water partition coefficient (Wildman–Crippen LogP) is -1.36. The fourth-order valence-corrected chi connectivity index (χ4v) is 2.75. The largest absolute Gasteiger partial charge is 0.376 e. The van der Waals surface area contributed by atoms with Crippen molar-refractivity contribution >= 4 is 11.8 Å². The third-order valence-corrected chi connectivity index (χ3v) is 3.98. The quantitative estimate of drug-likeness (QED) is 0.656. The third kappa shape index (κ3) is 4.66. The van der Waals surface area contributed by atoms with Crippen molar-refractivity contribution in [3.8, 4) is 0 Å². The molecule has 0 aromatic rings. The number of rotatable bonds is 5. The van der Waals surface area contributed by atoms with E-state index in [1.807, 2.05) is 4.90 Å². The van der Waals surface area contributed by atoms with Crippen LogP contribution in [0.15, 0.2) is 0 Å². The van der Waals surface area contributed by atoms with Gasteiger partial charge in [-0.05, 0) is 12.8 Å². The Morgan fingerprint density at radius 3 is 2.90 bits per heavy atom. The number of amides is 2. The van der Waals surface area contributed by atoms with Gasteiger partial charge in [-0.2, -0.15) is 0 Å². The summed E-state index contributed by atoms with van der Waals surface area (Å²) in [4.78, 5) is 27.7. The van der Waals surface area contributed by atoms with Gasteiger partial charge in [0.2, 0.25) is 11.8 Å². The molecule has 7 heteroatoms. The van der Waals surface area contributed by atoms with E-state index < -0.39 is 0 Å². The van der Waals surface area contributed by atoms with Crippen LogP contribution in [-0.2, 0) is 14.3 Å². The Morgan fingerprint density at radius 2 is 2.24 bits per heavy atom. The molecule has 2 rings (SSSR count). The molecule has 0 bridgehead atoms. The van der Waals surface area contributed by atoms with E-state index in [-0.39, 0.29) is 30.5 Å². The van der Waals surface area contributed by atoms with Crippen molar-refractivity contribution in [1.29, 1.82) is 0 Å². The Balaban J connectivity index is 1.80. The van der Waals surface area contributed by atoms with Crippen LogP contribution in [0.4, 0.5) is 0 Å². The van der Waals surface area contributed by atoms with Crippen molar-refractivity contribution < 1.29 is 14.3 Å². The van der Waals surface area contributed by atoms with E-state index in [1.165, 1.54) is 0 Å². The van der Waals surface area contributed by atoms with Gasteiger partial charge in [0.15, 0.2) is 0 Å². The summed E-state index contributed by atoms with van der Waals surface area (Å²) in [6.45, 7) is 3.72. The molecule has 0 aliphatic carbocycles. The smallest absolute Gasteiger partial charge is 0.240 e. The maximum atomic E-state index is 12.1. The Kier molecular flexibility index (Phi) is 5.96. The maximum absolute atomic E-state index is 12.1. The number of hydrogen-bond acceptors (Lipinski definition) is 5. The van der Waals surface area contributed by atoms with Crippen molar-refractivity contribution in [1.82, 2.24) is 20.4 Å². The van der Waals surface area contributed by atoms with E-state index in [9.17, 15) is 9.59 Å². The molecule has 2 atom stereocenters. The number of piperazine rings is 1. The second-order valence-electron chi connectivity index (χ2n) is 5.86. The Labute approximate surface area is 126 Å². The summed E-state index contributed by atoms with van der Waals surface area (Å²) in [5.74, 6) is -0.00178. The molecule has 0 radical (unpaired) electrons. The van der Waals surface area contributed by atoms with E-state index in [2.05, 4.69) is 10.6 Å². The summed E-state index contributed by atoms with van der Waals surface area (Å²) < 4.78 is 5.49. The monoisotopic (exact) mass is 298 g/mol. The van der Waals surface area contributed by atoms with E-state index in [0.29, 0.717) is 19.6 Å². The van der Waals surface area contributed by atoms with E-state index >= 15 is 0 Å². The molecule has 2 aliphatic heterocycles. The molecule has 2 heterocycles. The molecule has 2 aliphatic rings. The Hall–Kier alpha value is -1.18. The zero-order chi connectivity index (χ0) is 15.2. The molecule has 2 fully saturated rings. The highest BCUT2D eigenvalue weighted by Crippen LogP contribution is 2.10. The number of carbonyl (C=O) groups excluding carboxylic acids is 2. The first-order valence-electron chi connectivity index (χ1n) is 7.62. The minimum Gasteiger partial charge on any atom is -0.376 e. The fraction of sp³-hybridized carbons (Fsp3) is 0.857. The average molecular weight is 298 g/mol. The molecule has 2 N–H and O–H groups in total. The standard InChI is InChI=1S/C14H26N4O3/c1-17(2)14(20)12-9-15-5-6-18(12)10-13(19)16-8-11-4-3-7-21-11/h11-12,15H,3-10H2,1-2H3,(H,16,19). The highest BCUT2D eigenvalue weighted by atomic mass is 16.5. The predicted molar refractivity (Wildman–Crippen MR) is 78.9 cm³/mol. The number of nitrogens with zero attached hydrogens (tertiary/aromatic N) is 2. The lowest BCUT2D eigenvalue weighted by Gasteiger charge is -2.35. The number of ether oxygens (including phenoxy) is 1. The van der Waals surface area contributed by atoms with Crippen LogP contribution in [0.3, 0.4) is 0 Å². The van der Waals surface area contributed by atoms with Crippen molar-refractivity contribution in [2.45, 2.75) is 25.0 Å². The molecule has 2 unspecified atom stereocenters. The highest BCUT2D eigenvalue weighted by Gasteiger charge is 2.31. The molecule has 0 aromatic heterocycles. The van der Waals surface area contributed by atoms with Gasteiger partial charge in [0.25, 0.3) is 0 Å². The summed E-state index contributed by atoms with van der Waals surface area (Å²) in [5.41, 5.74) is 0. The minimum absolute atomic E-state index is 0.0362. The Bertz CT molecular complexity index is 369. The molecule has 7 nitrogen and oxygen atoms in total. The van der Waals surface area contributed by atoms with Gasteiger partial charge >= 0.3 is 0 Å². The first-order chi connectivity index (χ1) is 10.1. The van der Waals surface area contributed by atoms with Gasteiger partial charge in [-0.15, -0.1) is 0 Å². The molecule has 2 amide bonds. The molecule has 120 valence electrons. The first kappa shape index (κ1) is 16.2. The first-order valence-corrected chi connectivity index (χ1v) is 7.62. The highest BCUT2D eigenvalue weighted by molar-refractivity contribution is 5.83. The van der Waals surface area contributed by atoms with Gasteiger partial charge in [-0.1, -0.05) is 0 Å². The maximum Gasteiger partial charge on any atom is 0.240 e. The van der Waals surface area contributed by atoms with Crippen LogP contribution in [0.25, 0.3) is 0 Å². The summed E-state index contributed by atoms with van der Waals surface area (Å²) in [6, 6.07) is -0.262. The average Bonchev–Trinajstić information content (AvgIpc) is 2.98. The van der Waals surface area contributed by atoms with Gasteiger partial charge in [-0.3, -0.25) is 14.5 Å². The SMILES string of the molecule is CN(C)C(=O)C1CNCCN1CC(=O)NCC1CCCO1. The second kappa shape index (κ2) is 7.72. The van der Waals surface area contributed by atoms with E-state index in [1.54, 1.807) is 19.0 Å². The fourth-order valence-electron chi connectivity index (χ4n) is 2.75. The molecule has 0 aromatic carbocycles. The molecular formula is C14H26N4O3. The van der Waals surface area contributed by atoms with Crippen molar-refractivity contribution in [3.63, 3.8) is 0 Å². The van der Waals surface area contributed by atoms with Crippen LogP contribution in [0, 0.1) is 0 Å². The van der Waals surface area contributed by atoms with Gasteiger partial charge in [0.1, 0.15) is 6.04 Å². The van der Waals surface area contributed by atoms with Gasteiger partial charge < -0.3 is 20.3 Å². The topological polar surface area (TPSA) is 73.9 Å². The van der Waals surface area contributed by atoms with Gasteiger partial charge in [-0.25, -0.2) is 0 Å². The van der Waals surface area contributed by atoms with Crippen LogP contribution >= 0.6 is 0 Å². The summed E-state index contributed by atoms with van der Waals surface area (Å²) >= 11 is 0. The van der Waals surface area contributed by atoms with Gasteiger partial charge in [0.05, 0.1) is 12.6 Å². The number of likely N-dealkylation sites (N-methyl/N-ethyl adjacent to an activating group) is 1. The lowest BCUT2D eigenvalue weighted by Crippen LogP contribution is -2.59.